The Balaban J connectivity index is 1.96. The fourth-order valence-corrected chi connectivity index (χ4v) is 3.05. The van der Waals surface area contributed by atoms with Crippen LogP contribution in [0.4, 0.5) is 10.5 Å². The van der Waals surface area contributed by atoms with Crippen molar-refractivity contribution in [3.8, 4) is 6.07 Å². The molecule has 106 valence electrons. The maximum absolute atomic E-state index is 12.2. The van der Waals surface area contributed by atoms with Gasteiger partial charge in [-0.05, 0) is 31.2 Å². The molecule has 20 heavy (non-hydrogen) atoms. The number of nitrogens with one attached hydrogen (secondary N) is 1. The van der Waals surface area contributed by atoms with Crippen molar-refractivity contribution in [2.24, 2.45) is 0 Å². The molecule has 1 heterocycles. The number of urea groups is 1. The predicted octanol–water partition coefficient (Wildman–Crippen LogP) is 3.59. The number of para-hydroxylation sites is 1. The molecule has 1 N–H and O–H groups in total. The maximum Gasteiger partial charge on any atom is 0.321 e. The Morgan fingerprint density at radius 3 is 2.65 bits per heavy atom. The Morgan fingerprint density at radius 1 is 1.45 bits per heavy atom. The Bertz CT molecular complexity index is 535. The van der Waals surface area contributed by atoms with Crippen molar-refractivity contribution in [3.05, 3.63) is 29.3 Å². The topological polar surface area (TPSA) is 56.1 Å². The summed E-state index contributed by atoms with van der Waals surface area (Å²) >= 11 is 7.59. The molecule has 0 aromatic heterocycles. The molecule has 0 aliphatic carbocycles. The summed E-state index contributed by atoms with van der Waals surface area (Å²) in [5, 5.41) is 12.6. The molecule has 1 fully saturated rings. The Labute approximate surface area is 128 Å². The number of piperidine rings is 1. The number of hydrogen-bond donors (Lipinski definition) is 1. The zero-order valence-corrected chi connectivity index (χ0v) is 12.8. The number of carbonyl (C=O) groups is 1. The predicted molar refractivity (Wildman–Crippen MR) is 83.1 cm³/mol. The van der Waals surface area contributed by atoms with Crippen molar-refractivity contribution in [3.63, 3.8) is 0 Å². The van der Waals surface area contributed by atoms with Crippen LogP contribution >= 0.6 is 23.4 Å². The monoisotopic (exact) mass is 309 g/mol. The average Bonchev–Trinajstić information content (AvgIpc) is 2.49. The third kappa shape index (κ3) is 3.20. The number of carbonyl (C=O) groups excluding carboxylic acids is 1. The largest absolute Gasteiger partial charge is 0.324 e. The molecule has 0 spiro atoms. The summed E-state index contributed by atoms with van der Waals surface area (Å²) in [6.45, 7) is 1.18. The van der Waals surface area contributed by atoms with Crippen molar-refractivity contribution >= 4 is 35.1 Å². The molecular formula is C14H16ClN3OS. The first-order valence-corrected chi connectivity index (χ1v) is 7.97. The SMILES string of the molecule is CSC1(C#N)CCN(C(=O)Nc2ccccc2Cl)CC1. The van der Waals surface area contributed by atoms with Crippen LogP contribution in [0, 0.1) is 11.3 Å². The Hall–Kier alpha value is -1.38. The zero-order valence-electron chi connectivity index (χ0n) is 11.2. The van der Waals surface area contributed by atoms with Crippen molar-refractivity contribution in [1.29, 1.82) is 5.26 Å². The molecule has 0 bridgehead atoms. The van der Waals surface area contributed by atoms with Crippen LogP contribution in [0.5, 0.6) is 0 Å². The van der Waals surface area contributed by atoms with Gasteiger partial charge in [-0.3, -0.25) is 0 Å². The Kier molecular flexibility index (Phi) is 4.79. The number of anilines is 1. The van der Waals surface area contributed by atoms with Crippen LogP contribution < -0.4 is 5.32 Å². The zero-order chi connectivity index (χ0) is 14.6. The van der Waals surface area contributed by atoms with Crippen molar-refractivity contribution in [1.82, 2.24) is 4.90 Å². The van der Waals surface area contributed by atoms with Gasteiger partial charge in [0.05, 0.1) is 16.8 Å². The lowest BCUT2D eigenvalue weighted by atomic mass is 9.97. The highest BCUT2D eigenvalue weighted by molar-refractivity contribution is 8.00. The second-order valence-electron chi connectivity index (χ2n) is 4.71. The lowest BCUT2D eigenvalue weighted by Gasteiger charge is -2.36. The van der Waals surface area contributed by atoms with Gasteiger partial charge in [-0.15, -0.1) is 11.8 Å². The van der Waals surface area contributed by atoms with E-state index in [0.717, 1.165) is 0 Å². The molecule has 0 radical (unpaired) electrons. The quantitative estimate of drug-likeness (QED) is 0.908. The molecule has 1 aliphatic heterocycles. The first-order valence-electron chi connectivity index (χ1n) is 6.37. The van der Waals surface area contributed by atoms with Gasteiger partial charge in [-0.1, -0.05) is 23.7 Å². The van der Waals surface area contributed by atoms with Gasteiger partial charge in [0.1, 0.15) is 4.75 Å². The van der Waals surface area contributed by atoms with E-state index in [9.17, 15) is 10.1 Å². The molecular weight excluding hydrogens is 294 g/mol. The molecule has 1 aromatic rings. The van der Waals surface area contributed by atoms with Crippen molar-refractivity contribution in [2.45, 2.75) is 17.6 Å². The van der Waals surface area contributed by atoms with E-state index < -0.39 is 0 Å². The summed E-state index contributed by atoms with van der Waals surface area (Å²) in [6, 6.07) is 9.36. The summed E-state index contributed by atoms with van der Waals surface area (Å²) in [6.07, 6.45) is 3.34. The second kappa shape index (κ2) is 6.38. The fraction of sp³-hybridized carbons (Fsp3) is 0.429. The summed E-state index contributed by atoms with van der Waals surface area (Å²) in [5.41, 5.74) is 0.612. The van der Waals surface area contributed by atoms with Crippen LogP contribution in [0.15, 0.2) is 24.3 Å². The number of hydrogen-bond acceptors (Lipinski definition) is 3. The number of thioether (sulfide) groups is 1. The van der Waals surface area contributed by atoms with Gasteiger partial charge in [-0.25, -0.2) is 4.79 Å². The molecule has 0 saturated carbocycles. The minimum Gasteiger partial charge on any atom is -0.324 e. The molecule has 2 rings (SSSR count). The molecule has 6 heteroatoms. The number of amides is 2. The van der Waals surface area contributed by atoms with E-state index in [0.29, 0.717) is 36.6 Å². The van der Waals surface area contributed by atoms with E-state index in [1.165, 1.54) is 0 Å². The fourth-order valence-electron chi connectivity index (χ4n) is 2.19. The van der Waals surface area contributed by atoms with Gasteiger partial charge in [-0.2, -0.15) is 5.26 Å². The normalized spacial score (nSPS) is 17.4. The van der Waals surface area contributed by atoms with Crippen LogP contribution in [-0.4, -0.2) is 35.0 Å². The highest BCUT2D eigenvalue weighted by Gasteiger charge is 2.35. The summed E-state index contributed by atoms with van der Waals surface area (Å²) in [4.78, 5) is 13.9. The van der Waals surface area contributed by atoms with Crippen LogP contribution in [0.1, 0.15) is 12.8 Å². The molecule has 0 unspecified atom stereocenters. The first kappa shape index (κ1) is 15.0. The summed E-state index contributed by atoms with van der Waals surface area (Å²) in [7, 11) is 0. The second-order valence-corrected chi connectivity index (χ2v) is 6.30. The maximum atomic E-state index is 12.2. The van der Waals surface area contributed by atoms with Gasteiger partial charge in [0.2, 0.25) is 0 Å². The van der Waals surface area contributed by atoms with Gasteiger partial charge in [0.25, 0.3) is 0 Å². The van der Waals surface area contributed by atoms with Crippen molar-refractivity contribution in [2.75, 3.05) is 24.7 Å². The van der Waals surface area contributed by atoms with Gasteiger partial charge < -0.3 is 10.2 Å². The van der Waals surface area contributed by atoms with Crippen molar-refractivity contribution < 1.29 is 4.79 Å². The van der Waals surface area contributed by atoms with E-state index >= 15 is 0 Å². The number of likely N-dealkylation sites (tertiary alicyclic amines) is 1. The molecule has 4 nitrogen and oxygen atoms in total. The highest BCUT2D eigenvalue weighted by Crippen LogP contribution is 2.34. The third-order valence-electron chi connectivity index (χ3n) is 3.57. The molecule has 1 aromatic carbocycles. The standard InChI is InChI=1S/C14H16ClN3OS/c1-20-14(10-16)6-8-18(9-7-14)13(19)17-12-5-3-2-4-11(12)15/h2-5H,6-9H2,1H3,(H,17,19). The van der Waals surface area contributed by atoms with Gasteiger partial charge in [0, 0.05) is 13.1 Å². The van der Waals surface area contributed by atoms with Crippen LogP contribution in [0.25, 0.3) is 0 Å². The number of nitriles is 1. The van der Waals surface area contributed by atoms with Crippen LogP contribution in [-0.2, 0) is 0 Å². The van der Waals surface area contributed by atoms with E-state index in [4.69, 9.17) is 11.6 Å². The first-order chi connectivity index (χ1) is 9.60. The molecule has 0 atom stereocenters. The van der Waals surface area contributed by atoms with Crippen LogP contribution in [0.3, 0.4) is 0 Å². The van der Waals surface area contributed by atoms with Gasteiger partial charge >= 0.3 is 6.03 Å². The highest BCUT2D eigenvalue weighted by atomic mass is 35.5. The third-order valence-corrected chi connectivity index (χ3v) is 5.18. The van der Waals surface area contributed by atoms with E-state index in [-0.39, 0.29) is 10.8 Å². The van der Waals surface area contributed by atoms with E-state index in [1.54, 1.807) is 28.8 Å². The van der Waals surface area contributed by atoms with Gasteiger partial charge in [0.15, 0.2) is 0 Å². The number of rotatable bonds is 2. The van der Waals surface area contributed by atoms with E-state index in [1.807, 2.05) is 18.4 Å². The Morgan fingerprint density at radius 2 is 2.10 bits per heavy atom. The minimum atomic E-state index is -0.346. The van der Waals surface area contributed by atoms with E-state index in [2.05, 4.69) is 11.4 Å². The lowest BCUT2D eigenvalue weighted by Crippen LogP contribution is -2.46. The minimum absolute atomic E-state index is 0.161. The summed E-state index contributed by atoms with van der Waals surface area (Å²) in [5.74, 6) is 0. The average molecular weight is 310 g/mol. The smallest absolute Gasteiger partial charge is 0.321 e. The van der Waals surface area contributed by atoms with Crippen LogP contribution in [0.2, 0.25) is 5.02 Å². The lowest BCUT2D eigenvalue weighted by molar-refractivity contribution is 0.196. The summed E-state index contributed by atoms with van der Waals surface area (Å²) < 4.78 is -0.346. The number of nitrogens with zero attached hydrogens (tertiary/aromatic N) is 2. The number of halogens is 1. The number of benzene rings is 1. The molecule has 1 saturated heterocycles. The molecule has 1 aliphatic rings. The molecule has 2 amide bonds.